The number of anilines is 1. The first-order valence-electron chi connectivity index (χ1n) is 11.3. The Balaban J connectivity index is 1.47. The van der Waals surface area contributed by atoms with E-state index in [2.05, 4.69) is 36.1 Å². The zero-order valence-corrected chi connectivity index (χ0v) is 18.9. The maximum atomic E-state index is 13.3. The van der Waals surface area contributed by atoms with Crippen LogP contribution in [0.2, 0.25) is 0 Å². The number of aromatic nitrogens is 5. The zero-order chi connectivity index (χ0) is 21.7. The first kappa shape index (κ1) is 20.0. The van der Waals surface area contributed by atoms with Crippen molar-refractivity contribution >= 4 is 17.4 Å². The zero-order valence-electron chi connectivity index (χ0n) is 18.9. The van der Waals surface area contributed by atoms with E-state index < -0.39 is 0 Å². The Bertz CT molecular complexity index is 1110. The highest BCUT2D eigenvalue weighted by Crippen LogP contribution is 2.33. The first-order chi connectivity index (χ1) is 14.9. The summed E-state index contributed by atoms with van der Waals surface area (Å²) in [5.74, 6) is 1.75. The average Bonchev–Trinajstić information content (AvgIpc) is 3.45. The lowest BCUT2D eigenvalue weighted by atomic mass is 9.99. The van der Waals surface area contributed by atoms with E-state index >= 15 is 0 Å². The van der Waals surface area contributed by atoms with Crippen LogP contribution in [-0.2, 0) is 7.05 Å². The summed E-state index contributed by atoms with van der Waals surface area (Å²) in [6.45, 7) is 9.21. The van der Waals surface area contributed by atoms with Crippen LogP contribution < -0.4 is 4.90 Å². The van der Waals surface area contributed by atoms with Crippen molar-refractivity contribution in [3.63, 3.8) is 0 Å². The third-order valence-corrected chi connectivity index (χ3v) is 6.79. The van der Waals surface area contributed by atoms with Crippen LogP contribution in [0.5, 0.6) is 0 Å². The molecule has 8 heteroatoms. The smallest absolute Gasteiger partial charge is 0.274 e. The number of rotatable bonds is 3. The standard InChI is InChI=1S/C23H31N7O/c1-15-8-10-28(13-15)22-16(2)14-30-21(24-22)12-18(26-30)20-7-5-6-9-29(20)23(31)19-11-17(3)27(4)25-19/h11-12,14-15,20H,5-10,13H2,1-4H3/t15-,20-/m0/s1. The molecule has 0 radical (unpaired) electrons. The SMILES string of the molecule is Cc1cn2nc([C@@H]3CCCCN3C(=O)c3cc(C)n(C)n3)cc2nc1N1CC[C@H](C)C1. The molecule has 8 nitrogen and oxygen atoms in total. The largest absolute Gasteiger partial charge is 0.356 e. The molecule has 164 valence electrons. The minimum atomic E-state index is -0.0409. The lowest BCUT2D eigenvalue weighted by molar-refractivity contribution is 0.0598. The van der Waals surface area contributed by atoms with Crippen molar-refractivity contribution in [3.05, 3.63) is 41.0 Å². The van der Waals surface area contributed by atoms with Gasteiger partial charge in [-0.05, 0) is 51.5 Å². The minimum Gasteiger partial charge on any atom is -0.356 e. The van der Waals surface area contributed by atoms with Gasteiger partial charge in [-0.2, -0.15) is 10.2 Å². The van der Waals surface area contributed by atoms with Gasteiger partial charge in [-0.1, -0.05) is 6.92 Å². The van der Waals surface area contributed by atoms with E-state index in [1.165, 1.54) is 6.42 Å². The second kappa shape index (κ2) is 7.66. The van der Waals surface area contributed by atoms with Crippen molar-refractivity contribution in [2.75, 3.05) is 24.5 Å². The van der Waals surface area contributed by atoms with E-state index in [4.69, 9.17) is 10.1 Å². The highest BCUT2D eigenvalue weighted by atomic mass is 16.2. The molecule has 5 heterocycles. The van der Waals surface area contributed by atoms with Crippen LogP contribution in [0, 0.1) is 19.8 Å². The van der Waals surface area contributed by atoms with Gasteiger partial charge < -0.3 is 9.80 Å². The Morgan fingerprint density at radius 3 is 2.65 bits per heavy atom. The molecule has 0 N–H and O–H groups in total. The summed E-state index contributed by atoms with van der Waals surface area (Å²) in [5.41, 5.74) is 4.39. The van der Waals surface area contributed by atoms with Crippen molar-refractivity contribution in [1.29, 1.82) is 0 Å². The number of amides is 1. The van der Waals surface area contributed by atoms with E-state index in [1.807, 2.05) is 29.5 Å². The molecule has 5 rings (SSSR count). The summed E-state index contributed by atoms with van der Waals surface area (Å²) in [7, 11) is 1.87. The molecule has 2 atom stereocenters. The monoisotopic (exact) mass is 421 g/mol. The van der Waals surface area contributed by atoms with Gasteiger partial charge in [0.05, 0.1) is 11.7 Å². The third kappa shape index (κ3) is 3.58. The van der Waals surface area contributed by atoms with Crippen molar-refractivity contribution in [2.24, 2.45) is 13.0 Å². The quantitative estimate of drug-likeness (QED) is 0.649. The topological polar surface area (TPSA) is 71.6 Å². The van der Waals surface area contributed by atoms with E-state index in [0.29, 0.717) is 11.6 Å². The fraction of sp³-hybridized carbons (Fsp3) is 0.565. The van der Waals surface area contributed by atoms with Gasteiger partial charge in [-0.3, -0.25) is 9.48 Å². The van der Waals surface area contributed by atoms with Crippen LogP contribution >= 0.6 is 0 Å². The Morgan fingerprint density at radius 2 is 1.94 bits per heavy atom. The van der Waals surface area contributed by atoms with Crippen LogP contribution in [-0.4, -0.2) is 54.8 Å². The summed E-state index contributed by atoms with van der Waals surface area (Å²) < 4.78 is 3.63. The summed E-state index contributed by atoms with van der Waals surface area (Å²) >= 11 is 0. The molecular formula is C23H31N7O. The molecule has 1 amide bonds. The number of piperidine rings is 1. The Kier molecular flexibility index (Phi) is 4.95. The first-order valence-corrected chi connectivity index (χ1v) is 11.3. The Morgan fingerprint density at radius 1 is 1.10 bits per heavy atom. The number of carbonyl (C=O) groups is 1. The number of fused-ring (bicyclic) bond motifs is 1. The molecule has 0 aromatic carbocycles. The second-order valence-electron chi connectivity index (χ2n) is 9.26. The number of nitrogens with zero attached hydrogens (tertiary/aromatic N) is 7. The fourth-order valence-corrected chi connectivity index (χ4v) is 4.92. The molecule has 0 unspecified atom stereocenters. The predicted octanol–water partition coefficient (Wildman–Crippen LogP) is 3.29. The summed E-state index contributed by atoms with van der Waals surface area (Å²) in [6.07, 6.45) is 6.30. The van der Waals surface area contributed by atoms with Gasteiger partial charge in [0.1, 0.15) is 5.82 Å². The van der Waals surface area contributed by atoms with Crippen molar-refractivity contribution in [1.82, 2.24) is 29.3 Å². The molecule has 0 aliphatic carbocycles. The third-order valence-electron chi connectivity index (χ3n) is 6.79. The number of likely N-dealkylation sites (tertiary alicyclic amines) is 1. The number of hydrogen-bond donors (Lipinski definition) is 0. The number of aryl methyl sites for hydroxylation is 3. The summed E-state index contributed by atoms with van der Waals surface area (Å²) in [6, 6.07) is 3.88. The lowest BCUT2D eigenvalue weighted by Crippen LogP contribution is -2.39. The molecule has 2 aliphatic rings. The highest BCUT2D eigenvalue weighted by molar-refractivity contribution is 5.92. The van der Waals surface area contributed by atoms with Gasteiger partial charge in [0.25, 0.3) is 5.91 Å². The van der Waals surface area contributed by atoms with Crippen LogP contribution in [0.15, 0.2) is 18.3 Å². The molecule has 0 spiro atoms. The maximum Gasteiger partial charge on any atom is 0.274 e. The average molecular weight is 422 g/mol. The molecule has 0 saturated carbocycles. The van der Waals surface area contributed by atoms with E-state index in [-0.39, 0.29) is 11.9 Å². The molecule has 3 aromatic heterocycles. The van der Waals surface area contributed by atoms with Crippen LogP contribution in [0.25, 0.3) is 5.65 Å². The fourth-order valence-electron chi connectivity index (χ4n) is 4.92. The molecule has 2 aliphatic heterocycles. The summed E-state index contributed by atoms with van der Waals surface area (Å²) in [5, 5.41) is 9.26. The molecule has 2 fully saturated rings. The number of carbonyl (C=O) groups excluding carboxylic acids is 1. The molecule has 3 aromatic rings. The van der Waals surface area contributed by atoms with E-state index in [9.17, 15) is 4.79 Å². The van der Waals surface area contributed by atoms with Gasteiger partial charge in [-0.25, -0.2) is 9.50 Å². The Hall–Kier alpha value is -2.90. The van der Waals surface area contributed by atoms with Crippen molar-refractivity contribution in [3.8, 4) is 0 Å². The summed E-state index contributed by atoms with van der Waals surface area (Å²) in [4.78, 5) is 22.6. The Labute approximate surface area is 182 Å². The number of hydrogen-bond acceptors (Lipinski definition) is 5. The van der Waals surface area contributed by atoms with Crippen LogP contribution in [0.4, 0.5) is 5.82 Å². The van der Waals surface area contributed by atoms with Gasteiger partial charge in [0.2, 0.25) is 0 Å². The van der Waals surface area contributed by atoms with Gasteiger partial charge in [0, 0.05) is 50.2 Å². The van der Waals surface area contributed by atoms with Crippen molar-refractivity contribution in [2.45, 2.75) is 52.5 Å². The highest BCUT2D eigenvalue weighted by Gasteiger charge is 2.32. The lowest BCUT2D eigenvalue weighted by Gasteiger charge is -2.34. The van der Waals surface area contributed by atoms with Crippen LogP contribution in [0.1, 0.15) is 66.1 Å². The minimum absolute atomic E-state index is 0.0126. The normalized spacial score (nSPS) is 21.9. The maximum absolute atomic E-state index is 13.3. The molecular weight excluding hydrogens is 390 g/mol. The van der Waals surface area contributed by atoms with Gasteiger partial charge in [-0.15, -0.1) is 0 Å². The molecule has 2 saturated heterocycles. The van der Waals surface area contributed by atoms with Crippen molar-refractivity contribution < 1.29 is 4.79 Å². The van der Waals surface area contributed by atoms with Gasteiger partial charge in [0.15, 0.2) is 11.3 Å². The molecule has 31 heavy (non-hydrogen) atoms. The van der Waals surface area contributed by atoms with Gasteiger partial charge >= 0.3 is 0 Å². The molecule has 0 bridgehead atoms. The predicted molar refractivity (Wildman–Crippen MR) is 119 cm³/mol. The second-order valence-corrected chi connectivity index (χ2v) is 9.26. The van der Waals surface area contributed by atoms with E-state index in [1.54, 1.807) is 4.68 Å². The van der Waals surface area contributed by atoms with Crippen LogP contribution in [0.3, 0.4) is 0 Å². The van der Waals surface area contributed by atoms with E-state index in [0.717, 1.165) is 67.3 Å².